The van der Waals surface area contributed by atoms with Crippen molar-refractivity contribution in [2.45, 2.75) is 20.0 Å². The Bertz CT molecular complexity index is 760. The minimum atomic E-state index is -0.615. The van der Waals surface area contributed by atoms with E-state index in [1.807, 2.05) is 55.5 Å². The van der Waals surface area contributed by atoms with Crippen LogP contribution in [0.3, 0.4) is 0 Å². The first-order valence-corrected chi connectivity index (χ1v) is 7.11. The van der Waals surface area contributed by atoms with E-state index < -0.39 is 6.10 Å². The molecule has 1 atom stereocenters. The summed E-state index contributed by atoms with van der Waals surface area (Å²) in [6.45, 7) is 3.71. The zero-order chi connectivity index (χ0) is 15.5. The number of carbonyl (C=O) groups is 1. The van der Waals surface area contributed by atoms with Crippen molar-refractivity contribution < 1.29 is 9.53 Å². The lowest BCUT2D eigenvalue weighted by atomic mass is 10.2. The monoisotopic (exact) mass is 295 g/mol. The molecular weight excluding hydrogens is 278 g/mol. The van der Waals surface area contributed by atoms with Crippen molar-refractivity contribution in [2.24, 2.45) is 0 Å². The highest BCUT2D eigenvalue weighted by Gasteiger charge is 2.16. The second kappa shape index (κ2) is 5.89. The molecule has 22 heavy (non-hydrogen) atoms. The topological polar surface area (TPSA) is 67.0 Å². The number of hydrogen-bond donors (Lipinski definition) is 2. The summed E-state index contributed by atoms with van der Waals surface area (Å²) < 4.78 is 5.62. The summed E-state index contributed by atoms with van der Waals surface area (Å²) >= 11 is 0. The number of para-hydroxylation sites is 2. The summed E-state index contributed by atoms with van der Waals surface area (Å²) in [5, 5.41) is 2.73. The van der Waals surface area contributed by atoms with Crippen molar-refractivity contribution in [2.75, 3.05) is 5.32 Å². The molecule has 0 aliphatic carbocycles. The largest absolute Gasteiger partial charge is 0.481 e. The van der Waals surface area contributed by atoms with Crippen LogP contribution in [-0.2, 0) is 4.79 Å². The van der Waals surface area contributed by atoms with Gasteiger partial charge < -0.3 is 9.72 Å². The number of imidazole rings is 1. The Morgan fingerprint density at radius 3 is 2.64 bits per heavy atom. The molecule has 0 fully saturated rings. The van der Waals surface area contributed by atoms with Gasteiger partial charge in [-0.3, -0.25) is 10.1 Å². The van der Waals surface area contributed by atoms with E-state index in [2.05, 4.69) is 15.3 Å². The van der Waals surface area contributed by atoms with E-state index in [-0.39, 0.29) is 5.91 Å². The standard InChI is InChI=1S/C17H17N3O2/c1-11-7-9-13(10-8-11)22-12(2)16(21)20-17-18-14-5-3-4-6-15(14)19-17/h3-10,12H,1-2H3,(H2,18,19,20,21). The van der Waals surface area contributed by atoms with Gasteiger partial charge >= 0.3 is 0 Å². The maximum atomic E-state index is 12.2. The smallest absolute Gasteiger partial charge is 0.267 e. The van der Waals surface area contributed by atoms with Gasteiger partial charge in [-0.15, -0.1) is 0 Å². The Labute approximate surface area is 128 Å². The number of H-pyrrole nitrogens is 1. The molecule has 0 radical (unpaired) electrons. The molecule has 1 heterocycles. The Morgan fingerprint density at radius 1 is 1.18 bits per heavy atom. The minimum absolute atomic E-state index is 0.250. The van der Waals surface area contributed by atoms with Crippen LogP contribution in [0.25, 0.3) is 11.0 Å². The van der Waals surface area contributed by atoms with Crippen molar-refractivity contribution in [3.05, 3.63) is 54.1 Å². The van der Waals surface area contributed by atoms with Crippen LogP contribution >= 0.6 is 0 Å². The molecule has 0 saturated carbocycles. The van der Waals surface area contributed by atoms with Crippen LogP contribution in [0.15, 0.2) is 48.5 Å². The molecule has 1 unspecified atom stereocenters. The zero-order valence-corrected chi connectivity index (χ0v) is 12.5. The molecule has 3 aromatic rings. The summed E-state index contributed by atoms with van der Waals surface area (Å²) in [6, 6.07) is 15.2. The number of rotatable bonds is 4. The number of ether oxygens (including phenoxy) is 1. The molecular formula is C17H17N3O2. The van der Waals surface area contributed by atoms with Crippen LogP contribution in [0.4, 0.5) is 5.95 Å². The number of benzene rings is 2. The molecule has 5 heteroatoms. The third-order valence-corrected chi connectivity index (χ3v) is 3.33. The minimum Gasteiger partial charge on any atom is -0.481 e. The molecule has 1 amide bonds. The average Bonchev–Trinajstić information content (AvgIpc) is 2.91. The molecule has 0 aliphatic heterocycles. The van der Waals surface area contributed by atoms with E-state index in [0.717, 1.165) is 16.6 Å². The lowest BCUT2D eigenvalue weighted by molar-refractivity contribution is -0.122. The third-order valence-electron chi connectivity index (χ3n) is 3.33. The van der Waals surface area contributed by atoms with E-state index in [9.17, 15) is 4.79 Å². The van der Waals surface area contributed by atoms with Crippen LogP contribution in [-0.4, -0.2) is 22.0 Å². The first-order valence-electron chi connectivity index (χ1n) is 7.11. The lowest BCUT2D eigenvalue weighted by Crippen LogP contribution is -2.30. The van der Waals surface area contributed by atoms with Crippen LogP contribution in [0.5, 0.6) is 5.75 Å². The number of fused-ring (bicyclic) bond motifs is 1. The number of nitrogens with zero attached hydrogens (tertiary/aromatic N) is 1. The quantitative estimate of drug-likeness (QED) is 0.776. The number of aromatic nitrogens is 2. The number of hydrogen-bond acceptors (Lipinski definition) is 3. The van der Waals surface area contributed by atoms with Gasteiger partial charge in [0.05, 0.1) is 11.0 Å². The van der Waals surface area contributed by atoms with Gasteiger partial charge in [-0.1, -0.05) is 29.8 Å². The Kier molecular flexibility index (Phi) is 3.78. The van der Waals surface area contributed by atoms with Crippen LogP contribution < -0.4 is 10.1 Å². The summed E-state index contributed by atoms with van der Waals surface area (Å²) in [7, 11) is 0. The summed E-state index contributed by atoms with van der Waals surface area (Å²) in [4.78, 5) is 19.5. The predicted molar refractivity (Wildman–Crippen MR) is 86.0 cm³/mol. The predicted octanol–water partition coefficient (Wildman–Crippen LogP) is 3.28. The van der Waals surface area contributed by atoms with Crippen LogP contribution in [0, 0.1) is 6.92 Å². The zero-order valence-electron chi connectivity index (χ0n) is 12.5. The number of carbonyl (C=O) groups excluding carboxylic acids is 1. The van der Waals surface area contributed by atoms with E-state index in [1.165, 1.54) is 0 Å². The fourth-order valence-electron chi connectivity index (χ4n) is 2.10. The first-order chi connectivity index (χ1) is 10.6. The highest BCUT2D eigenvalue weighted by atomic mass is 16.5. The SMILES string of the molecule is Cc1ccc(OC(C)C(=O)Nc2nc3ccccc3[nH]2)cc1. The lowest BCUT2D eigenvalue weighted by Gasteiger charge is -2.13. The molecule has 2 aromatic carbocycles. The number of aromatic amines is 1. The number of aryl methyl sites for hydroxylation is 1. The van der Waals surface area contributed by atoms with Gasteiger partial charge in [-0.2, -0.15) is 0 Å². The normalized spacial score (nSPS) is 12.1. The van der Waals surface area contributed by atoms with Crippen molar-refractivity contribution in [3.63, 3.8) is 0 Å². The fraction of sp³-hybridized carbons (Fsp3) is 0.176. The molecule has 0 aliphatic rings. The third kappa shape index (κ3) is 3.09. The number of anilines is 1. The van der Waals surface area contributed by atoms with Gasteiger partial charge in [0.1, 0.15) is 5.75 Å². The summed E-state index contributed by atoms with van der Waals surface area (Å²) in [5.41, 5.74) is 2.83. The van der Waals surface area contributed by atoms with Gasteiger partial charge in [0.15, 0.2) is 6.10 Å². The van der Waals surface area contributed by atoms with Gasteiger partial charge in [0.25, 0.3) is 5.91 Å². The molecule has 0 bridgehead atoms. The average molecular weight is 295 g/mol. The van der Waals surface area contributed by atoms with Gasteiger partial charge in [-0.05, 0) is 38.1 Å². The number of amides is 1. The Morgan fingerprint density at radius 2 is 1.91 bits per heavy atom. The fourth-order valence-corrected chi connectivity index (χ4v) is 2.10. The van der Waals surface area contributed by atoms with Crippen molar-refractivity contribution >= 4 is 22.9 Å². The molecule has 1 aromatic heterocycles. The summed E-state index contributed by atoms with van der Waals surface area (Å²) in [6.07, 6.45) is -0.615. The second-order valence-corrected chi connectivity index (χ2v) is 5.16. The first kappa shape index (κ1) is 14.1. The van der Waals surface area contributed by atoms with Gasteiger partial charge in [-0.25, -0.2) is 4.98 Å². The molecule has 112 valence electrons. The molecule has 0 saturated heterocycles. The molecule has 0 spiro atoms. The van der Waals surface area contributed by atoms with Gasteiger partial charge in [0, 0.05) is 0 Å². The highest BCUT2D eigenvalue weighted by Crippen LogP contribution is 2.16. The summed E-state index contributed by atoms with van der Waals surface area (Å²) in [5.74, 6) is 0.836. The second-order valence-electron chi connectivity index (χ2n) is 5.16. The Balaban J connectivity index is 1.66. The van der Waals surface area contributed by atoms with E-state index in [1.54, 1.807) is 6.92 Å². The van der Waals surface area contributed by atoms with E-state index in [0.29, 0.717) is 11.7 Å². The maximum absolute atomic E-state index is 12.2. The maximum Gasteiger partial charge on any atom is 0.267 e. The van der Waals surface area contributed by atoms with Crippen molar-refractivity contribution in [1.82, 2.24) is 9.97 Å². The van der Waals surface area contributed by atoms with E-state index in [4.69, 9.17) is 4.74 Å². The van der Waals surface area contributed by atoms with Crippen LogP contribution in [0.1, 0.15) is 12.5 Å². The molecule has 3 rings (SSSR count). The highest BCUT2D eigenvalue weighted by molar-refractivity contribution is 5.94. The Hall–Kier alpha value is -2.82. The van der Waals surface area contributed by atoms with Crippen molar-refractivity contribution in [3.8, 4) is 5.75 Å². The molecule has 2 N–H and O–H groups in total. The van der Waals surface area contributed by atoms with Crippen LogP contribution in [0.2, 0.25) is 0 Å². The molecule has 5 nitrogen and oxygen atoms in total. The van der Waals surface area contributed by atoms with Gasteiger partial charge in [0.2, 0.25) is 5.95 Å². The number of nitrogens with one attached hydrogen (secondary N) is 2. The van der Waals surface area contributed by atoms with E-state index >= 15 is 0 Å². The van der Waals surface area contributed by atoms with Crippen molar-refractivity contribution in [1.29, 1.82) is 0 Å².